The Morgan fingerprint density at radius 1 is 1.33 bits per heavy atom. The SMILES string of the molecule is COCc1c(C(=O)OC)nnn1Cc1c(Cl)c(C)nn1C. The largest absolute Gasteiger partial charge is 0.464 e. The summed E-state index contributed by atoms with van der Waals surface area (Å²) in [7, 11) is 4.61. The fraction of sp³-hybridized carbons (Fsp3) is 0.500. The van der Waals surface area contributed by atoms with Crippen molar-refractivity contribution >= 4 is 17.6 Å². The molecule has 0 aliphatic heterocycles. The second-order valence-corrected chi connectivity index (χ2v) is 4.81. The van der Waals surface area contributed by atoms with E-state index in [1.165, 1.54) is 14.2 Å². The minimum absolute atomic E-state index is 0.134. The van der Waals surface area contributed by atoms with Crippen LogP contribution in [0.1, 0.15) is 27.6 Å². The van der Waals surface area contributed by atoms with Gasteiger partial charge in [0.15, 0.2) is 5.69 Å². The lowest BCUT2D eigenvalue weighted by molar-refractivity contribution is 0.0588. The average Bonchev–Trinajstić information content (AvgIpc) is 2.95. The van der Waals surface area contributed by atoms with Crippen molar-refractivity contribution in [3.8, 4) is 0 Å². The Bertz CT molecular complexity index is 664. The predicted molar refractivity (Wildman–Crippen MR) is 74.1 cm³/mol. The van der Waals surface area contributed by atoms with Crippen molar-refractivity contribution in [2.75, 3.05) is 14.2 Å². The van der Waals surface area contributed by atoms with Crippen molar-refractivity contribution in [2.24, 2.45) is 7.05 Å². The summed E-state index contributed by atoms with van der Waals surface area (Å²) in [5, 5.41) is 12.6. The molecule has 0 unspecified atom stereocenters. The fourth-order valence-corrected chi connectivity index (χ4v) is 2.21. The highest BCUT2D eigenvalue weighted by molar-refractivity contribution is 6.31. The average molecular weight is 314 g/mol. The van der Waals surface area contributed by atoms with Crippen LogP contribution in [0.2, 0.25) is 5.02 Å². The summed E-state index contributed by atoms with van der Waals surface area (Å²) in [6.45, 7) is 2.34. The van der Waals surface area contributed by atoms with Gasteiger partial charge in [0, 0.05) is 14.2 Å². The lowest BCUT2D eigenvalue weighted by atomic mass is 10.3. The highest BCUT2D eigenvalue weighted by Crippen LogP contribution is 2.21. The quantitative estimate of drug-likeness (QED) is 0.764. The number of aromatic nitrogens is 5. The fourth-order valence-electron chi connectivity index (χ4n) is 1.99. The van der Waals surface area contributed by atoms with Gasteiger partial charge in [0.05, 0.1) is 42.4 Å². The van der Waals surface area contributed by atoms with Crippen molar-refractivity contribution in [2.45, 2.75) is 20.1 Å². The Hall–Kier alpha value is -1.93. The number of carbonyl (C=O) groups is 1. The van der Waals surface area contributed by atoms with E-state index in [0.717, 1.165) is 11.4 Å². The molecule has 2 rings (SSSR count). The molecule has 0 aromatic carbocycles. The van der Waals surface area contributed by atoms with E-state index < -0.39 is 5.97 Å². The molecule has 0 radical (unpaired) electrons. The topological polar surface area (TPSA) is 84.1 Å². The van der Waals surface area contributed by atoms with E-state index in [4.69, 9.17) is 16.3 Å². The van der Waals surface area contributed by atoms with Crippen LogP contribution < -0.4 is 0 Å². The Morgan fingerprint density at radius 3 is 2.57 bits per heavy atom. The molecule has 0 aliphatic carbocycles. The summed E-state index contributed by atoms with van der Waals surface area (Å²) < 4.78 is 13.0. The molecular weight excluding hydrogens is 298 g/mol. The third-order valence-corrected chi connectivity index (χ3v) is 3.55. The van der Waals surface area contributed by atoms with Gasteiger partial charge >= 0.3 is 5.97 Å². The third-order valence-electron chi connectivity index (χ3n) is 3.06. The zero-order chi connectivity index (χ0) is 15.6. The minimum atomic E-state index is -0.555. The number of hydrogen-bond acceptors (Lipinski definition) is 6. The van der Waals surface area contributed by atoms with Crippen LogP contribution in [0, 0.1) is 6.92 Å². The number of hydrogen-bond donors (Lipinski definition) is 0. The molecule has 0 fully saturated rings. The molecule has 2 heterocycles. The van der Waals surface area contributed by atoms with E-state index in [-0.39, 0.29) is 12.3 Å². The molecule has 2 aromatic heterocycles. The maximum absolute atomic E-state index is 11.7. The minimum Gasteiger partial charge on any atom is -0.464 e. The normalized spacial score (nSPS) is 10.9. The summed E-state index contributed by atoms with van der Waals surface area (Å²) in [6.07, 6.45) is 0. The number of aryl methyl sites for hydroxylation is 2. The van der Waals surface area contributed by atoms with Crippen molar-refractivity contribution in [3.05, 3.63) is 27.8 Å². The molecular formula is C12H16ClN5O3. The van der Waals surface area contributed by atoms with Crippen LogP contribution >= 0.6 is 11.6 Å². The highest BCUT2D eigenvalue weighted by atomic mass is 35.5. The van der Waals surface area contributed by atoms with Crippen LogP contribution in [-0.2, 0) is 29.7 Å². The Labute approximate surface area is 126 Å². The van der Waals surface area contributed by atoms with Gasteiger partial charge in [-0.15, -0.1) is 5.10 Å². The summed E-state index contributed by atoms with van der Waals surface area (Å²) in [5.41, 5.74) is 2.16. The number of rotatable bonds is 5. The maximum atomic E-state index is 11.7. The Balaban J connectivity index is 2.40. The first kappa shape index (κ1) is 15.5. The van der Waals surface area contributed by atoms with E-state index >= 15 is 0 Å². The van der Waals surface area contributed by atoms with Gasteiger partial charge in [0.1, 0.15) is 0 Å². The molecule has 0 amide bonds. The first-order chi connectivity index (χ1) is 9.99. The van der Waals surface area contributed by atoms with Gasteiger partial charge < -0.3 is 9.47 Å². The molecule has 9 heteroatoms. The van der Waals surface area contributed by atoms with Crippen LogP contribution in [0.4, 0.5) is 0 Å². The predicted octanol–water partition coefficient (Wildman–Crippen LogP) is 0.955. The van der Waals surface area contributed by atoms with Gasteiger partial charge in [-0.3, -0.25) is 4.68 Å². The van der Waals surface area contributed by atoms with Gasteiger partial charge in [0.25, 0.3) is 0 Å². The first-order valence-corrected chi connectivity index (χ1v) is 6.55. The van der Waals surface area contributed by atoms with E-state index in [9.17, 15) is 4.79 Å². The van der Waals surface area contributed by atoms with Crippen molar-refractivity contribution < 1.29 is 14.3 Å². The van der Waals surface area contributed by atoms with E-state index in [1.54, 1.807) is 16.4 Å². The first-order valence-electron chi connectivity index (χ1n) is 6.17. The highest BCUT2D eigenvalue weighted by Gasteiger charge is 2.22. The van der Waals surface area contributed by atoms with Gasteiger partial charge in [0.2, 0.25) is 0 Å². The number of ether oxygens (including phenoxy) is 2. The van der Waals surface area contributed by atoms with Crippen molar-refractivity contribution in [1.82, 2.24) is 24.8 Å². The molecule has 8 nitrogen and oxygen atoms in total. The van der Waals surface area contributed by atoms with Crippen LogP contribution in [0.25, 0.3) is 0 Å². The summed E-state index contributed by atoms with van der Waals surface area (Å²) >= 11 is 6.22. The van der Waals surface area contributed by atoms with E-state index in [1.807, 2.05) is 6.92 Å². The zero-order valence-corrected chi connectivity index (χ0v) is 13.0. The van der Waals surface area contributed by atoms with Crippen molar-refractivity contribution in [1.29, 1.82) is 0 Å². The van der Waals surface area contributed by atoms with Gasteiger partial charge in [-0.2, -0.15) is 5.10 Å². The summed E-state index contributed by atoms with van der Waals surface area (Å²) in [6, 6.07) is 0. The van der Waals surface area contributed by atoms with Crippen LogP contribution in [0.15, 0.2) is 0 Å². The number of carbonyl (C=O) groups excluding carboxylic acids is 1. The zero-order valence-electron chi connectivity index (χ0n) is 12.3. The number of esters is 1. The molecule has 2 aromatic rings. The molecule has 0 aliphatic rings. The standard InChI is InChI=1S/C12H16ClN5O3/c1-7-10(13)8(17(2)15-7)5-18-9(6-20-3)11(14-16-18)12(19)21-4/h5-6H2,1-4H3. The smallest absolute Gasteiger partial charge is 0.360 e. The lowest BCUT2D eigenvalue weighted by Gasteiger charge is -2.07. The maximum Gasteiger partial charge on any atom is 0.360 e. The molecule has 0 N–H and O–H groups in total. The van der Waals surface area contributed by atoms with Gasteiger partial charge in [-0.1, -0.05) is 16.8 Å². The lowest BCUT2D eigenvalue weighted by Crippen LogP contribution is -2.13. The molecule has 0 spiro atoms. The van der Waals surface area contributed by atoms with E-state index in [0.29, 0.717) is 17.3 Å². The van der Waals surface area contributed by atoms with Gasteiger partial charge in [-0.05, 0) is 6.92 Å². The van der Waals surface area contributed by atoms with Crippen LogP contribution in [0.3, 0.4) is 0 Å². The molecule has 0 bridgehead atoms. The Kier molecular flexibility index (Phi) is 4.59. The number of halogens is 1. The third kappa shape index (κ3) is 2.91. The molecule has 114 valence electrons. The molecule has 0 atom stereocenters. The summed E-state index contributed by atoms with van der Waals surface area (Å²) in [5.74, 6) is -0.555. The van der Waals surface area contributed by atoms with Crippen LogP contribution in [0.5, 0.6) is 0 Å². The molecule has 0 saturated heterocycles. The van der Waals surface area contributed by atoms with E-state index in [2.05, 4.69) is 20.1 Å². The monoisotopic (exact) mass is 313 g/mol. The number of nitrogens with zero attached hydrogens (tertiary/aromatic N) is 5. The Morgan fingerprint density at radius 2 is 2.05 bits per heavy atom. The second kappa shape index (κ2) is 6.23. The second-order valence-electron chi connectivity index (χ2n) is 4.44. The van der Waals surface area contributed by atoms with Crippen LogP contribution in [-0.4, -0.2) is 45.0 Å². The molecule has 21 heavy (non-hydrogen) atoms. The molecule has 0 saturated carbocycles. The van der Waals surface area contributed by atoms with Crippen molar-refractivity contribution in [3.63, 3.8) is 0 Å². The number of methoxy groups -OCH3 is 2. The summed E-state index contributed by atoms with van der Waals surface area (Å²) in [4.78, 5) is 11.7. The van der Waals surface area contributed by atoms with Gasteiger partial charge in [-0.25, -0.2) is 9.48 Å².